The number of carbonyl (C=O) groups is 2. The number of aliphatic hydroxyl groups is 1. The molecule has 7 nitrogen and oxygen atoms in total. The molecule has 2 unspecified atom stereocenters. The highest BCUT2D eigenvalue weighted by molar-refractivity contribution is 6.04. The summed E-state index contributed by atoms with van der Waals surface area (Å²) in [4.78, 5) is 39.3. The largest absolute Gasteiger partial charge is 0.393 e. The number of aromatic amines is 1. The van der Waals surface area contributed by atoms with Crippen molar-refractivity contribution in [2.45, 2.75) is 38.7 Å². The van der Waals surface area contributed by atoms with E-state index in [0.717, 1.165) is 25.7 Å². The van der Waals surface area contributed by atoms with Gasteiger partial charge in [-0.05, 0) is 68.7 Å². The standard InChI is InChI=1S/C22H25N3O4/c1-12-7-15(10-19(26)23-12)21(28)24-17-3-2-4-18(11-17)25-22(29)16-8-13-5-6-14(9-16)20(13)27/h2-4,7,10-11,13-14,16,20,27H,5-6,8-9H2,1H3,(H,23,26)(H,24,28)(H,25,29)/t13-,14+,16?,20?. The van der Waals surface area contributed by atoms with Crippen LogP contribution in [0.4, 0.5) is 11.4 Å². The fraction of sp³-hybridized carbons (Fsp3) is 0.409. The lowest BCUT2D eigenvalue weighted by Crippen LogP contribution is -2.36. The molecule has 2 amide bonds. The number of anilines is 2. The Morgan fingerprint density at radius 1 is 1.03 bits per heavy atom. The number of amides is 2. The van der Waals surface area contributed by atoms with Gasteiger partial charge in [0.1, 0.15) is 0 Å². The zero-order valence-corrected chi connectivity index (χ0v) is 16.3. The predicted molar refractivity (Wildman–Crippen MR) is 110 cm³/mol. The molecule has 4 N–H and O–H groups in total. The Balaban J connectivity index is 1.41. The average Bonchev–Trinajstić information content (AvgIpc) is 2.88. The van der Waals surface area contributed by atoms with Gasteiger partial charge in [0.15, 0.2) is 0 Å². The minimum Gasteiger partial charge on any atom is -0.393 e. The van der Waals surface area contributed by atoms with Crippen LogP contribution in [0.1, 0.15) is 41.7 Å². The topological polar surface area (TPSA) is 111 Å². The molecule has 0 radical (unpaired) electrons. The molecule has 0 saturated heterocycles. The van der Waals surface area contributed by atoms with Crippen LogP contribution in [0, 0.1) is 24.7 Å². The van der Waals surface area contributed by atoms with Gasteiger partial charge in [0.05, 0.1) is 6.10 Å². The van der Waals surface area contributed by atoms with Gasteiger partial charge in [-0.2, -0.15) is 0 Å². The van der Waals surface area contributed by atoms with Crippen molar-refractivity contribution < 1.29 is 14.7 Å². The molecule has 1 heterocycles. The van der Waals surface area contributed by atoms with Crippen LogP contribution in [0.3, 0.4) is 0 Å². The first kappa shape index (κ1) is 19.4. The number of rotatable bonds is 4. The SMILES string of the molecule is Cc1cc(C(=O)Nc2cccc(NC(=O)C3C[C@H]4CC[C@@H](C3)C4O)c2)cc(=O)[nH]1. The van der Waals surface area contributed by atoms with Crippen LogP contribution in [0.2, 0.25) is 0 Å². The average molecular weight is 395 g/mol. The summed E-state index contributed by atoms with van der Waals surface area (Å²) in [6.07, 6.45) is 3.19. The molecule has 2 bridgehead atoms. The van der Waals surface area contributed by atoms with Gasteiger partial charge in [0, 0.05) is 34.6 Å². The summed E-state index contributed by atoms with van der Waals surface area (Å²) >= 11 is 0. The normalized spacial score (nSPS) is 25.4. The summed E-state index contributed by atoms with van der Waals surface area (Å²) in [6, 6.07) is 9.81. The van der Waals surface area contributed by atoms with Gasteiger partial charge < -0.3 is 20.7 Å². The molecule has 29 heavy (non-hydrogen) atoms. The van der Waals surface area contributed by atoms with E-state index in [4.69, 9.17) is 0 Å². The molecule has 2 aliphatic rings. The second kappa shape index (κ2) is 7.83. The third-order valence-electron chi connectivity index (χ3n) is 6.05. The molecular weight excluding hydrogens is 370 g/mol. The maximum Gasteiger partial charge on any atom is 0.255 e. The fourth-order valence-corrected chi connectivity index (χ4v) is 4.65. The van der Waals surface area contributed by atoms with Crippen LogP contribution < -0.4 is 16.2 Å². The van der Waals surface area contributed by atoms with E-state index < -0.39 is 0 Å². The molecule has 4 rings (SSSR count). The molecule has 0 spiro atoms. The Kier molecular flexibility index (Phi) is 5.24. The van der Waals surface area contributed by atoms with Gasteiger partial charge in [0.2, 0.25) is 11.5 Å². The van der Waals surface area contributed by atoms with Crippen molar-refractivity contribution in [1.29, 1.82) is 0 Å². The Hall–Kier alpha value is -2.93. The Bertz CT molecular complexity index is 986. The number of hydrogen-bond donors (Lipinski definition) is 4. The van der Waals surface area contributed by atoms with Crippen molar-refractivity contribution in [1.82, 2.24) is 4.98 Å². The summed E-state index contributed by atoms with van der Waals surface area (Å²) in [6.45, 7) is 1.71. The van der Waals surface area contributed by atoms with E-state index in [1.165, 1.54) is 6.07 Å². The van der Waals surface area contributed by atoms with Crippen molar-refractivity contribution in [3.8, 4) is 0 Å². The number of benzene rings is 1. The molecule has 1 aromatic carbocycles. The maximum atomic E-state index is 12.7. The number of carbonyl (C=O) groups excluding carboxylic acids is 2. The van der Waals surface area contributed by atoms with E-state index in [2.05, 4.69) is 15.6 Å². The van der Waals surface area contributed by atoms with Crippen LogP contribution in [-0.4, -0.2) is 28.0 Å². The molecule has 2 fully saturated rings. The van der Waals surface area contributed by atoms with E-state index in [1.54, 1.807) is 37.3 Å². The van der Waals surface area contributed by atoms with Crippen LogP contribution in [0.15, 0.2) is 41.2 Å². The third kappa shape index (κ3) is 4.24. The maximum absolute atomic E-state index is 12.7. The molecular formula is C22H25N3O4. The summed E-state index contributed by atoms with van der Waals surface area (Å²) in [5, 5.41) is 15.9. The number of hydrogen-bond acceptors (Lipinski definition) is 4. The Labute approximate surface area is 168 Å². The van der Waals surface area contributed by atoms with Crippen LogP contribution in [0.5, 0.6) is 0 Å². The lowest BCUT2D eigenvalue weighted by molar-refractivity contribution is -0.122. The van der Waals surface area contributed by atoms with Gasteiger partial charge in [-0.1, -0.05) is 6.07 Å². The smallest absolute Gasteiger partial charge is 0.255 e. The van der Waals surface area contributed by atoms with Gasteiger partial charge in [-0.3, -0.25) is 14.4 Å². The zero-order valence-electron chi connectivity index (χ0n) is 16.3. The summed E-state index contributed by atoms with van der Waals surface area (Å²) in [5.41, 5.74) is 1.69. The molecule has 7 heteroatoms. The fourth-order valence-electron chi connectivity index (χ4n) is 4.65. The van der Waals surface area contributed by atoms with Gasteiger partial charge >= 0.3 is 0 Å². The number of aryl methyl sites for hydroxylation is 1. The first-order chi connectivity index (χ1) is 13.9. The van der Waals surface area contributed by atoms with Crippen LogP contribution >= 0.6 is 0 Å². The van der Waals surface area contributed by atoms with E-state index in [1.807, 2.05) is 0 Å². The van der Waals surface area contributed by atoms with Crippen molar-refractivity contribution in [2.24, 2.45) is 17.8 Å². The van der Waals surface area contributed by atoms with Crippen LogP contribution in [0.25, 0.3) is 0 Å². The zero-order chi connectivity index (χ0) is 20.5. The van der Waals surface area contributed by atoms with Crippen molar-refractivity contribution in [2.75, 3.05) is 10.6 Å². The Morgan fingerprint density at radius 3 is 2.34 bits per heavy atom. The van der Waals surface area contributed by atoms with Gasteiger partial charge in [-0.15, -0.1) is 0 Å². The molecule has 152 valence electrons. The molecule has 2 saturated carbocycles. The Morgan fingerprint density at radius 2 is 1.69 bits per heavy atom. The summed E-state index contributed by atoms with van der Waals surface area (Å²) < 4.78 is 0. The first-order valence-corrected chi connectivity index (χ1v) is 10.0. The second-order valence-corrected chi connectivity index (χ2v) is 8.20. The quantitative estimate of drug-likeness (QED) is 0.638. The lowest BCUT2D eigenvalue weighted by atomic mass is 9.78. The molecule has 2 aromatic rings. The van der Waals surface area contributed by atoms with E-state index in [-0.39, 0.29) is 46.8 Å². The number of H-pyrrole nitrogens is 1. The second-order valence-electron chi connectivity index (χ2n) is 8.20. The van der Waals surface area contributed by atoms with Gasteiger partial charge in [0.25, 0.3) is 5.91 Å². The monoisotopic (exact) mass is 395 g/mol. The molecule has 4 atom stereocenters. The van der Waals surface area contributed by atoms with E-state index in [0.29, 0.717) is 17.1 Å². The van der Waals surface area contributed by atoms with Crippen molar-refractivity contribution in [3.05, 3.63) is 58.0 Å². The first-order valence-electron chi connectivity index (χ1n) is 10.0. The van der Waals surface area contributed by atoms with E-state index >= 15 is 0 Å². The van der Waals surface area contributed by atoms with Crippen molar-refractivity contribution >= 4 is 23.2 Å². The molecule has 0 aliphatic heterocycles. The van der Waals surface area contributed by atoms with Crippen LogP contribution in [-0.2, 0) is 4.79 Å². The molecule has 2 aliphatic carbocycles. The predicted octanol–water partition coefficient (Wildman–Crippen LogP) is 2.67. The lowest BCUT2D eigenvalue weighted by Gasteiger charge is -2.31. The highest BCUT2D eigenvalue weighted by atomic mass is 16.3. The van der Waals surface area contributed by atoms with E-state index in [9.17, 15) is 19.5 Å². The van der Waals surface area contributed by atoms with Crippen molar-refractivity contribution in [3.63, 3.8) is 0 Å². The number of aliphatic hydroxyl groups excluding tert-OH is 1. The molecule has 1 aromatic heterocycles. The van der Waals surface area contributed by atoms with Gasteiger partial charge in [-0.25, -0.2) is 0 Å². The highest BCUT2D eigenvalue weighted by Gasteiger charge is 2.43. The number of aromatic nitrogens is 1. The highest BCUT2D eigenvalue weighted by Crippen LogP contribution is 2.45. The number of pyridine rings is 1. The number of nitrogens with one attached hydrogen (secondary N) is 3. The minimum atomic E-state index is -0.388. The number of fused-ring (bicyclic) bond motifs is 2. The summed E-state index contributed by atoms with van der Waals surface area (Å²) in [5.74, 6) is -0.0589. The third-order valence-corrected chi connectivity index (χ3v) is 6.05. The summed E-state index contributed by atoms with van der Waals surface area (Å²) in [7, 11) is 0. The minimum absolute atomic E-state index is 0.0394.